The molecule has 0 heterocycles. The van der Waals surface area contributed by atoms with E-state index in [-0.39, 0.29) is 23.1 Å². The van der Waals surface area contributed by atoms with E-state index < -0.39 is 0 Å². The fourth-order valence-electron chi connectivity index (χ4n) is 4.17. The maximum Gasteiger partial charge on any atom is 0.255 e. The van der Waals surface area contributed by atoms with E-state index >= 15 is 0 Å². The van der Waals surface area contributed by atoms with Crippen LogP contribution in [0, 0.1) is 11.3 Å². The largest absolute Gasteiger partial charge is 0.337 e. The standard InChI is InChI=1S/C26H35N3O2/c1-26(2,18-27)19-29(25(31)21-13-7-4-8-14-21)17-22-15-9-10-16-23(22)28-24(30)20-11-5-3-6-12-20/h3,5-6,9-12,15-16,21H,4,7-8,13-14,17-19,27H2,1-2H3,(H,28,30). The lowest BCUT2D eigenvalue weighted by Crippen LogP contribution is -2.44. The molecule has 0 unspecified atom stereocenters. The molecule has 0 aromatic heterocycles. The summed E-state index contributed by atoms with van der Waals surface area (Å²) in [5, 5.41) is 3.03. The van der Waals surface area contributed by atoms with Gasteiger partial charge < -0.3 is 16.0 Å². The second-order valence-electron chi connectivity index (χ2n) is 9.37. The zero-order chi connectivity index (χ0) is 22.3. The molecule has 3 N–H and O–H groups in total. The monoisotopic (exact) mass is 421 g/mol. The lowest BCUT2D eigenvalue weighted by molar-refractivity contribution is -0.138. The van der Waals surface area contributed by atoms with Crippen molar-refractivity contribution in [2.24, 2.45) is 17.1 Å². The first kappa shape index (κ1) is 23.0. The molecule has 5 heteroatoms. The van der Waals surface area contributed by atoms with Crippen LogP contribution in [0.15, 0.2) is 54.6 Å². The first-order valence-electron chi connectivity index (χ1n) is 11.3. The molecule has 2 amide bonds. The van der Waals surface area contributed by atoms with Crippen LogP contribution in [0.25, 0.3) is 0 Å². The molecule has 5 nitrogen and oxygen atoms in total. The van der Waals surface area contributed by atoms with Crippen molar-refractivity contribution in [1.82, 2.24) is 4.90 Å². The highest BCUT2D eigenvalue weighted by Crippen LogP contribution is 2.29. The molecule has 1 aliphatic rings. The molecular formula is C26H35N3O2. The number of hydrogen-bond acceptors (Lipinski definition) is 3. The molecule has 31 heavy (non-hydrogen) atoms. The number of anilines is 1. The number of carbonyl (C=O) groups is 2. The zero-order valence-corrected chi connectivity index (χ0v) is 18.8. The predicted octanol–water partition coefficient (Wildman–Crippen LogP) is 4.83. The van der Waals surface area contributed by atoms with Gasteiger partial charge in [-0.25, -0.2) is 0 Å². The van der Waals surface area contributed by atoms with E-state index in [0.29, 0.717) is 25.2 Å². The molecule has 0 bridgehead atoms. The van der Waals surface area contributed by atoms with E-state index in [1.54, 1.807) is 12.1 Å². The van der Waals surface area contributed by atoms with Gasteiger partial charge in [0.1, 0.15) is 0 Å². The minimum atomic E-state index is -0.174. The van der Waals surface area contributed by atoms with E-state index in [1.165, 1.54) is 6.42 Å². The maximum atomic E-state index is 13.4. The lowest BCUT2D eigenvalue weighted by Gasteiger charge is -2.35. The van der Waals surface area contributed by atoms with Crippen LogP contribution in [0.1, 0.15) is 61.9 Å². The summed E-state index contributed by atoms with van der Waals surface area (Å²) in [4.78, 5) is 28.1. The Bertz CT molecular complexity index is 873. The highest BCUT2D eigenvalue weighted by molar-refractivity contribution is 6.04. The van der Waals surface area contributed by atoms with E-state index in [2.05, 4.69) is 19.2 Å². The molecule has 3 rings (SSSR count). The van der Waals surface area contributed by atoms with Crippen molar-refractivity contribution in [2.45, 2.75) is 52.5 Å². The van der Waals surface area contributed by atoms with E-state index in [1.807, 2.05) is 47.4 Å². The van der Waals surface area contributed by atoms with Gasteiger partial charge in [0.25, 0.3) is 5.91 Å². The number of benzene rings is 2. The first-order chi connectivity index (χ1) is 14.9. The molecule has 0 radical (unpaired) electrons. The van der Waals surface area contributed by atoms with Crippen molar-refractivity contribution >= 4 is 17.5 Å². The summed E-state index contributed by atoms with van der Waals surface area (Å²) in [7, 11) is 0. The third-order valence-electron chi connectivity index (χ3n) is 6.10. The first-order valence-corrected chi connectivity index (χ1v) is 11.3. The van der Waals surface area contributed by atoms with Crippen molar-refractivity contribution in [1.29, 1.82) is 0 Å². The summed E-state index contributed by atoms with van der Waals surface area (Å²) < 4.78 is 0. The van der Waals surface area contributed by atoms with Gasteiger partial charge >= 0.3 is 0 Å². The van der Waals surface area contributed by atoms with Crippen molar-refractivity contribution < 1.29 is 9.59 Å². The Hall–Kier alpha value is -2.66. The van der Waals surface area contributed by atoms with Gasteiger partial charge in [0.2, 0.25) is 5.91 Å². The van der Waals surface area contributed by atoms with Crippen LogP contribution in [0.2, 0.25) is 0 Å². The molecule has 166 valence electrons. The number of para-hydroxylation sites is 1. The van der Waals surface area contributed by atoms with Gasteiger partial charge in [-0.15, -0.1) is 0 Å². The van der Waals surface area contributed by atoms with Crippen LogP contribution in [-0.2, 0) is 11.3 Å². The summed E-state index contributed by atoms with van der Waals surface area (Å²) in [6.45, 7) is 5.76. The quantitative estimate of drug-likeness (QED) is 0.641. The number of amides is 2. The molecule has 1 aliphatic carbocycles. The van der Waals surface area contributed by atoms with Crippen LogP contribution in [-0.4, -0.2) is 29.8 Å². The van der Waals surface area contributed by atoms with Gasteiger partial charge in [0.05, 0.1) is 0 Å². The summed E-state index contributed by atoms with van der Waals surface area (Å²) in [5.41, 5.74) is 8.10. The topological polar surface area (TPSA) is 75.4 Å². The maximum absolute atomic E-state index is 13.4. The number of rotatable bonds is 8. The minimum Gasteiger partial charge on any atom is -0.337 e. The summed E-state index contributed by atoms with van der Waals surface area (Å²) >= 11 is 0. The third-order valence-corrected chi connectivity index (χ3v) is 6.10. The fraction of sp³-hybridized carbons (Fsp3) is 0.462. The second kappa shape index (κ2) is 10.6. The number of carbonyl (C=O) groups excluding carboxylic acids is 2. The number of nitrogens with one attached hydrogen (secondary N) is 1. The molecule has 1 fully saturated rings. The van der Waals surface area contributed by atoms with Crippen LogP contribution < -0.4 is 11.1 Å². The fourth-order valence-corrected chi connectivity index (χ4v) is 4.17. The molecule has 0 saturated heterocycles. The average Bonchev–Trinajstić information content (AvgIpc) is 2.80. The van der Waals surface area contributed by atoms with Gasteiger partial charge in [-0.05, 0) is 48.6 Å². The molecule has 0 aliphatic heterocycles. The lowest BCUT2D eigenvalue weighted by atomic mass is 9.86. The van der Waals surface area contributed by atoms with Gasteiger partial charge in [-0.2, -0.15) is 0 Å². The summed E-state index contributed by atoms with van der Waals surface area (Å²) in [6.07, 6.45) is 5.38. The SMILES string of the molecule is CC(C)(CN)CN(Cc1ccccc1NC(=O)c1ccccc1)C(=O)C1CCCCC1. The van der Waals surface area contributed by atoms with E-state index in [4.69, 9.17) is 5.73 Å². The number of hydrogen-bond donors (Lipinski definition) is 2. The molecule has 2 aromatic carbocycles. The highest BCUT2D eigenvalue weighted by Gasteiger charge is 2.30. The third kappa shape index (κ3) is 6.41. The van der Waals surface area contributed by atoms with E-state index in [0.717, 1.165) is 36.9 Å². The molecular weight excluding hydrogens is 386 g/mol. The predicted molar refractivity (Wildman–Crippen MR) is 126 cm³/mol. The van der Waals surface area contributed by atoms with Crippen molar-refractivity contribution in [3.05, 3.63) is 65.7 Å². The van der Waals surface area contributed by atoms with Crippen LogP contribution >= 0.6 is 0 Å². The van der Waals surface area contributed by atoms with Gasteiger partial charge in [-0.1, -0.05) is 69.5 Å². The Balaban J connectivity index is 1.81. The smallest absolute Gasteiger partial charge is 0.255 e. The Labute approximate surface area is 186 Å². The van der Waals surface area contributed by atoms with Crippen molar-refractivity contribution in [3.8, 4) is 0 Å². The van der Waals surface area contributed by atoms with Gasteiger partial charge in [-0.3, -0.25) is 9.59 Å². The molecule has 0 spiro atoms. The Morgan fingerprint density at radius 3 is 2.32 bits per heavy atom. The molecule has 2 aromatic rings. The molecule has 1 saturated carbocycles. The summed E-state index contributed by atoms with van der Waals surface area (Å²) in [6, 6.07) is 16.9. The van der Waals surface area contributed by atoms with Crippen molar-refractivity contribution in [3.63, 3.8) is 0 Å². The normalized spacial score (nSPS) is 14.8. The molecule has 0 atom stereocenters. The van der Waals surface area contributed by atoms with E-state index in [9.17, 15) is 9.59 Å². The Kier molecular flexibility index (Phi) is 7.85. The Morgan fingerprint density at radius 2 is 1.65 bits per heavy atom. The number of nitrogens with two attached hydrogens (primary N) is 1. The second-order valence-corrected chi connectivity index (χ2v) is 9.37. The summed E-state index contributed by atoms with van der Waals surface area (Å²) in [5.74, 6) is 0.152. The Morgan fingerprint density at radius 1 is 1.00 bits per heavy atom. The number of nitrogens with zero attached hydrogens (tertiary/aromatic N) is 1. The minimum absolute atomic E-state index is 0.0911. The van der Waals surface area contributed by atoms with Crippen LogP contribution in [0.3, 0.4) is 0 Å². The zero-order valence-electron chi connectivity index (χ0n) is 18.8. The van der Waals surface area contributed by atoms with Gasteiger partial charge in [0.15, 0.2) is 0 Å². The highest BCUT2D eigenvalue weighted by atomic mass is 16.2. The average molecular weight is 422 g/mol. The van der Waals surface area contributed by atoms with Crippen LogP contribution in [0.5, 0.6) is 0 Å². The van der Waals surface area contributed by atoms with Crippen molar-refractivity contribution in [2.75, 3.05) is 18.4 Å². The van der Waals surface area contributed by atoms with Crippen LogP contribution in [0.4, 0.5) is 5.69 Å². The van der Waals surface area contributed by atoms with Gasteiger partial charge in [0, 0.05) is 30.3 Å².